The number of rotatable bonds is 7. The van der Waals surface area contributed by atoms with Gasteiger partial charge < -0.3 is 10.1 Å². The average Bonchev–Trinajstić information content (AvgIpc) is 3.18. The zero-order valence-corrected chi connectivity index (χ0v) is 19.8. The lowest BCUT2D eigenvalue weighted by molar-refractivity contribution is 0.341. The SMILES string of the molecule is CCOc1ccccc1-c1cc(S(C)(=O)=O)cc(S(=O)(=O)c2ccc(NC)s2)c1.Cl. The zero-order chi connectivity index (χ0) is 21.2. The second-order valence-corrected chi connectivity index (χ2v) is 11.5. The molecule has 2 aromatic carbocycles. The van der Waals surface area contributed by atoms with Gasteiger partial charge in [-0.3, -0.25) is 0 Å². The van der Waals surface area contributed by atoms with Crippen LogP contribution in [-0.4, -0.2) is 36.7 Å². The van der Waals surface area contributed by atoms with Gasteiger partial charge in [-0.05, 0) is 48.9 Å². The number of thiophene rings is 1. The third-order valence-corrected chi connectivity index (χ3v) is 8.63. The summed E-state index contributed by atoms with van der Waals surface area (Å²) in [5.74, 6) is 0.553. The molecule has 1 heterocycles. The van der Waals surface area contributed by atoms with Crippen LogP contribution < -0.4 is 10.1 Å². The number of nitrogens with one attached hydrogen (secondary N) is 1. The maximum Gasteiger partial charge on any atom is 0.216 e. The molecular formula is C20H22ClNO5S3. The molecule has 162 valence electrons. The molecule has 0 saturated carbocycles. The van der Waals surface area contributed by atoms with Gasteiger partial charge in [-0.15, -0.1) is 23.7 Å². The summed E-state index contributed by atoms with van der Waals surface area (Å²) in [4.78, 5) is -0.142. The number of halogens is 1. The highest BCUT2D eigenvalue weighted by molar-refractivity contribution is 7.93. The second-order valence-electron chi connectivity index (χ2n) is 6.27. The largest absolute Gasteiger partial charge is 0.493 e. The van der Waals surface area contributed by atoms with Crippen molar-refractivity contribution in [1.82, 2.24) is 0 Å². The van der Waals surface area contributed by atoms with E-state index in [2.05, 4.69) is 5.32 Å². The summed E-state index contributed by atoms with van der Waals surface area (Å²) in [6.45, 7) is 2.27. The molecule has 30 heavy (non-hydrogen) atoms. The molecule has 0 atom stereocenters. The molecule has 3 rings (SSSR count). The van der Waals surface area contributed by atoms with E-state index in [1.54, 1.807) is 37.4 Å². The van der Waals surface area contributed by atoms with E-state index in [4.69, 9.17) is 4.74 Å². The van der Waals surface area contributed by atoms with Crippen molar-refractivity contribution < 1.29 is 21.6 Å². The maximum atomic E-state index is 13.2. The Balaban J connectivity index is 0.00000320. The Morgan fingerprint density at radius 2 is 1.63 bits per heavy atom. The molecule has 0 spiro atoms. The normalized spacial score (nSPS) is 11.6. The Bertz CT molecular complexity index is 1250. The molecule has 10 heteroatoms. The topological polar surface area (TPSA) is 89.5 Å². The highest BCUT2D eigenvalue weighted by Crippen LogP contribution is 2.36. The predicted molar refractivity (Wildman–Crippen MR) is 123 cm³/mol. The Morgan fingerprint density at radius 3 is 2.23 bits per heavy atom. The monoisotopic (exact) mass is 487 g/mol. The molecule has 1 aromatic heterocycles. The summed E-state index contributed by atoms with van der Waals surface area (Å²) in [5.41, 5.74) is 1.08. The summed E-state index contributed by atoms with van der Waals surface area (Å²) >= 11 is 1.09. The molecule has 0 bridgehead atoms. The quantitative estimate of drug-likeness (QED) is 0.527. The summed E-state index contributed by atoms with van der Waals surface area (Å²) in [5, 5.41) is 3.61. The summed E-state index contributed by atoms with van der Waals surface area (Å²) < 4.78 is 56.7. The Hall–Kier alpha value is -2.07. The molecule has 1 N–H and O–H groups in total. The molecule has 0 fully saturated rings. The van der Waals surface area contributed by atoms with Crippen LogP contribution in [0.4, 0.5) is 5.00 Å². The van der Waals surface area contributed by atoms with Gasteiger partial charge in [-0.25, -0.2) is 16.8 Å². The van der Waals surface area contributed by atoms with Crippen LogP contribution in [-0.2, 0) is 19.7 Å². The Labute approximate surface area is 187 Å². The first-order chi connectivity index (χ1) is 13.7. The number of ether oxygens (including phenoxy) is 1. The van der Waals surface area contributed by atoms with Crippen LogP contribution in [0.2, 0.25) is 0 Å². The first-order valence-electron chi connectivity index (χ1n) is 8.77. The Kier molecular flexibility index (Phi) is 7.57. The van der Waals surface area contributed by atoms with E-state index in [0.717, 1.165) is 17.6 Å². The van der Waals surface area contributed by atoms with Gasteiger partial charge in [-0.1, -0.05) is 18.2 Å². The molecule has 0 radical (unpaired) electrons. The van der Waals surface area contributed by atoms with E-state index in [1.165, 1.54) is 24.3 Å². The fraction of sp³-hybridized carbons (Fsp3) is 0.200. The fourth-order valence-electron chi connectivity index (χ4n) is 2.80. The van der Waals surface area contributed by atoms with Gasteiger partial charge >= 0.3 is 0 Å². The van der Waals surface area contributed by atoms with Crippen molar-refractivity contribution in [3.63, 3.8) is 0 Å². The van der Waals surface area contributed by atoms with Crippen molar-refractivity contribution in [3.05, 3.63) is 54.6 Å². The highest BCUT2D eigenvalue weighted by Gasteiger charge is 2.24. The van der Waals surface area contributed by atoms with E-state index in [9.17, 15) is 16.8 Å². The standard InChI is InChI=1S/C20H21NO5S3.ClH/c1-4-26-18-8-6-5-7-17(18)14-11-15(28(3,22)23)13-16(12-14)29(24,25)20-10-9-19(21-2)27-20;/h5-13,21H,4H2,1-3H3;1H. The lowest BCUT2D eigenvalue weighted by atomic mass is 10.0. The van der Waals surface area contributed by atoms with Gasteiger partial charge in [0.1, 0.15) is 9.96 Å². The minimum Gasteiger partial charge on any atom is -0.493 e. The predicted octanol–water partition coefficient (Wildman–Crippen LogP) is 4.51. The van der Waals surface area contributed by atoms with Crippen LogP contribution in [0, 0.1) is 0 Å². The number of benzene rings is 2. The summed E-state index contributed by atoms with van der Waals surface area (Å²) in [6.07, 6.45) is 1.06. The third-order valence-electron chi connectivity index (χ3n) is 4.21. The van der Waals surface area contributed by atoms with Crippen LogP contribution in [0.3, 0.4) is 0 Å². The molecule has 0 aliphatic heterocycles. The van der Waals surface area contributed by atoms with Crippen molar-refractivity contribution in [2.24, 2.45) is 0 Å². The van der Waals surface area contributed by atoms with Crippen LogP contribution in [0.25, 0.3) is 11.1 Å². The third kappa shape index (κ3) is 4.97. The van der Waals surface area contributed by atoms with Crippen LogP contribution >= 0.6 is 23.7 Å². The van der Waals surface area contributed by atoms with Crippen LogP contribution in [0.5, 0.6) is 5.75 Å². The molecule has 0 aliphatic rings. The zero-order valence-electron chi connectivity index (χ0n) is 16.6. The van der Waals surface area contributed by atoms with E-state index in [0.29, 0.717) is 28.5 Å². The minimum absolute atomic E-state index is 0. The minimum atomic E-state index is -3.89. The number of para-hydroxylation sites is 1. The number of hydrogen-bond donors (Lipinski definition) is 1. The van der Waals surface area contributed by atoms with Crippen molar-refractivity contribution >= 4 is 48.4 Å². The van der Waals surface area contributed by atoms with Gasteiger partial charge in [0, 0.05) is 18.9 Å². The smallest absolute Gasteiger partial charge is 0.216 e. The van der Waals surface area contributed by atoms with Gasteiger partial charge in [0.15, 0.2) is 9.84 Å². The molecule has 3 aromatic rings. The van der Waals surface area contributed by atoms with Crippen molar-refractivity contribution in [3.8, 4) is 16.9 Å². The summed E-state index contributed by atoms with van der Waals surface area (Å²) in [6, 6.07) is 14.5. The first kappa shape index (κ1) is 24.2. The van der Waals surface area contributed by atoms with Gasteiger partial charge in [0.05, 0.1) is 21.4 Å². The number of anilines is 1. The molecule has 0 unspecified atom stereocenters. The van der Waals surface area contributed by atoms with Crippen molar-refractivity contribution in [1.29, 1.82) is 0 Å². The van der Waals surface area contributed by atoms with E-state index in [1.807, 2.05) is 6.92 Å². The Morgan fingerprint density at radius 1 is 0.967 bits per heavy atom. The highest BCUT2D eigenvalue weighted by atomic mass is 35.5. The van der Waals surface area contributed by atoms with Crippen molar-refractivity contribution in [2.75, 3.05) is 25.2 Å². The molecule has 0 amide bonds. The van der Waals surface area contributed by atoms with Gasteiger partial charge in [0.2, 0.25) is 9.84 Å². The average molecular weight is 488 g/mol. The van der Waals surface area contributed by atoms with Crippen LogP contribution in [0.15, 0.2) is 68.6 Å². The molecule has 6 nitrogen and oxygen atoms in total. The first-order valence-corrected chi connectivity index (χ1v) is 13.0. The lowest BCUT2D eigenvalue weighted by Gasteiger charge is -2.13. The summed E-state index contributed by atoms with van der Waals surface area (Å²) in [7, 11) is -5.83. The maximum absolute atomic E-state index is 13.2. The van der Waals surface area contributed by atoms with Gasteiger partial charge in [-0.2, -0.15) is 0 Å². The van der Waals surface area contributed by atoms with Gasteiger partial charge in [0.25, 0.3) is 0 Å². The number of sulfone groups is 2. The number of hydrogen-bond acceptors (Lipinski definition) is 7. The van der Waals surface area contributed by atoms with Crippen molar-refractivity contribution in [2.45, 2.75) is 20.9 Å². The molecule has 0 saturated heterocycles. The van der Waals surface area contributed by atoms with E-state index < -0.39 is 19.7 Å². The fourth-order valence-corrected chi connectivity index (χ4v) is 6.19. The van der Waals surface area contributed by atoms with Crippen LogP contribution in [0.1, 0.15) is 6.92 Å². The van der Waals surface area contributed by atoms with E-state index >= 15 is 0 Å². The second kappa shape index (κ2) is 9.38. The molecular weight excluding hydrogens is 466 g/mol. The molecule has 0 aliphatic carbocycles. The lowest BCUT2D eigenvalue weighted by Crippen LogP contribution is -2.05. The van der Waals surface area contributed by atoms with E-state index in [-0.39, 0.29) is 26.4 Å².